The minimum atomic E-state index is 0.112. The zero-order chi connectivity index (χ0) is 21.1. The van der Waals surface area contributed by atoms with Gasteiger partial charge in [0.15, 0.2) is 5.82 Å². The number of hydrogen-bond acceptors (Lipinski definition) is 4. The largest absolute Gasteiger partial charge is 0.497 e. The lowest BCUT2D eigenvalue weighted by Gasteiger charge is -2.22. The highest BCUT2D eigenvalue weighted by Gasteiger charge is 2.22. The van der Waals surface area contributed by atoms with Crippen LogP contribution >= 0.6 is 0 Å². The number of anilines is 1. The van der Waals surface area contributed by atoms with Gasteiger partial charge < -0.3 is 14.5 Å². The van der Waals surface area contributed by atoms with Crippen molar-refractivity contribution in [1.29, 1.82) is 0 Å². The SMILES string of the molecule is COc1ccc(-c2cc(N3CCCN(C(=O)c4ccc(C)c(C)c4)CC3)n[nH]2)cc1. The molecular formula is C24H28N4O2. The van der Waals surface area contributed by atoms with E-state index in [9.17, 15) is 4.79 Å². The molecule has 6 heteroatoms. The lowest BCUT2D eigenvalue weighted by Crippen LogP contribution is -2.35. The molecule has 1 aromatic heterocycles. The molecule has 0 atom stereocenters. The highest BCUT2D eigenvalue weighted by molar-refractivity contribution is 5.94. The number of hydrogen-bond donors (Lipinski definition) is 1. The second-order valence-electron chi connectivity index (χ2n) is 7.80. The zero-order valence-electron chi connectivity index (χ0n) is 17.8. The zero-order valence-corrected chi connectivity index (χ0v) is 17.8. The Balaban J connectivity index is 1.43. The van der Waals surface area contributed by atoms with Crippen molar-refractivity contribution in [2.45, 2.75) is 20.3 Å². The summed E-state index contributed by atoms with van der Waals surface area (Å²) in [6, 6.07) is 15.9. The van der Waals surface area contributed by atoms with Crippen molar-refractivity contribution >= 4 is 11.7 Å². The van der Waals surface area contributed by atoms with Crippen molar-refractivity contribution < 1.29 is 9.53 Å². The van der Waals surface area contributed by atoms with Gasteiger partial charge in [-0.15, -0.1) is 0 Å². The van der Waals surface area contributed by atoms with E-state index >= 15 is 0 Å². The molecule has 6 nitrogen and oxygen atoms in total. The van der Waals surface area contributed by atoms with Gasteiger partial charge in [0.05, 0.1) is 12.8 Å². The summed E-state index contributed by atoms with van der Waals surface area (Å²) in [5, 5.41) is 7.65. The standard InChI is InChI=1S/C24H28N4O2/c1-17-5-6-20(15-18(17)2)24(29)28-12-4-11-27(13-14-28)23-16-22(25-26-23)19-7-9-21(30-3)10-8-19/h5-10,15-16H,4,11-14H2,1-3H3,(H,25,26). The predicted molar refractivity (Wildman–Crippen MR) is 119 cm³/mol. The van der Waals surface area contributed by atoms with Crippen LogP contribution in [0, 0.1) is 13.8 Å². The Morgan fingerprint density at radius 2 is 1.77 bits per heavy atom. The van der Waals surface area contributed by atoms with E-state index in [0.717, 1.165) is 60.0 Å². The van der Waals surface area contributed by atoms with Crippen molar-refractivity contribution in [3.63, 3.8) is 0 Å². The van der Waals surface area contributed by atoms with Crippen LogP contribution in [0.4, 0.5) is 5.82 Å². The summed E-state index contributed by atoms with van der Waals surface area (Å²) >= 11 is 0. The molecule has 3 aromatic rings. The molecule has 30 heavy (non-hydrogen) atoms. The number of ether oxygens (including phenoxy) is 1. The highest BCUT2D eigenvalue weighted by atomic mass is 16.5. The Hall–Kier alpha value is -3.28. The van der Waals surface area contributed by atoms with Crippen molar-refractivity contribution in [2.24, 2.45) is 0 Å². The van der Waals surface area contributed by atoms with Crippen LogP contribution in [-0.2, 0) is 0 Å². The van der Waals surface area contributed by atoms with Crippen LogP contribution in [0.1, 0.15) is 27.9 Å². The molecular weight excluding hydrogens is 376 g/mol. The minimum absolute atomic E-state index is 0.112. The molecule has 2 heterocycles. The summed E-state index contributed by atoms with van der Waals surface area (Å²) in [6.45, 7) is 7.22. The van der Waals surface area contributed by atoms with Gasteiger partial charge in [-0.2, -0.15) is 5.10 Å². The summed E-state index contributed by atoms with van der Waals surface area (Å²) in [5.41, 5.74) is 5.17. The maximum atomic E-state index is 13.0. The van der Waals surface area contributed by atoms with Gasteiger partial charge in [0.25, 0.3) is 5.91 Å². The number of amides is 1. The van der Waals surface area contributed by atoms with Gasteiger partial charge in [0.2, 0.25) is 0 Å². The number of aryl methyl sites for hydroxylation is 2. The van der Waals surface area contributed by atoms with Crippen molar-refractivity contribution in [3.8, 4) is 17.0 Å². The van der Waals surface area contributed by atoms with Gasteiger partial charge in [-0.25, -0.2) is 0 Å². The number of nitrogens with one attached hydrogen (secondary N) is 1. The first-order valence-electron chi connectivity index (χ1n) is 10.4. The molecule has 1 fully saturated rings. The van der Waals surface area contributed by atoms with Crippen LogP contribution in [0.15, 0.2) is 48.5 Å². The van der Waals surface area contributed by atoms with Crippen molar-refractivity contribution in [3.05, 3.63) is 65.2 Å². The molecule has 1 aliphatic heterocycles. The lowest BCUT2D eigenvalue weighted by molar-refractivity contribution is 0.0767. The number of nitrogens with zero attached hydrogens (tertiary/aromatic N) is 3. The minimum Gasteiger partial charge on any atom is -0.497 e. The number of H-pyrrole nitrogens is 1. The normalized spacial score (nSPS) is 14.5. The van der Waals surface area contributed by atoms with Crippen LogP contribution < -0.4 is 9.64 Å². The first-order valence-corrected chi connectivity index (χ1v) is 10.4. The Morgan fingerprint density at radius 3 is 2.50 bits per heavy atom. The molecule has 0 saturated carbocycles. The van der Waals surface area contributed by atoms with Crippen LogP contribution in [0.3, 0.4) is 0 Å². The Labute approximate surface area is 177 Å². The fourth-order valence-corrected chi connectivity index (χ4v) is 3.80. The second-order valence-corrected chi connectivity index (χ2v) is 7.80. The molecule has 0 spiro atoms. The van der Waals surface area contributed by atoms with Gasteiger partial charge >= 0.3 is 0 Å². The molecule has 1 aliphatic rings. The lowest BCUT2D eigenvalue weighted by atomic mass is 10.1. The first-order chi connectivity index (χ1) is 14.5. The van der Waals surface area contributed by atoms with E-state index in [1.165, 1.54) is 5.56 Å². The number of methoxy groups -OCH3 is 1. The van der Waals surface area contributed by atoms with E-state index in [1.807, 2.05) is 54.3 Å². The molecule has 1 N–H and O–H groups in total. The number of aromatic amines is 1. The molecule has 2 aromatic carbocycles. The average molecular weight is 405 g/mol. The summed E-state index contributed by atoms with van der Waals surface area (Å²) in [6.07, 6.45) is 0.918. The Bertz CT molecular complexity index is 1030. The maximum absolute atomic E-state index is 13.0. The third kappa shape index (κ3) is 4.17. The van der Waals surface area contributed by atoms with E-state index in [0.29, 0.717) is 6.54 Å². The third-order valence-electron chi connectivity index (χ3n) is 5.83. The first kappa shape index (κ1) is 20.0. The van der Waals surface area contributed by atoms with Crippen molar-refractivity contribution in [1.82, 2.24) is 15.1 Å². The molecule has 0 radical (unpaired) electrons. The smallest absolute Gasteiger partial charge is 0.253 e. The van der Waals surface area contributed by atoms with Gasteiger partial charge in [-0.3, -0.25) is 9.89 Å². The van der Waals surface area contributed by atoms with Gasteiger partial charge in [-0.1, -0.05) is 6.07 Å². The van der Waals surface area contributed by atoms with Crippen LogP contribution in [0.5, 0.6) is 5.75 Å². The van der Waals surface area contributed by atoms with Crippen molar-refractivity contribution in [2.75, 3.05) is 38.2 Å². The van der Waals surface area contributed by atoms with E-state index in [1.54, 1.807) is 7.11 Å². The van der Waals surface area contributed by atoms with Gasteiger partial charge in [0, 0.05) is 37.8 Å². The summed E-state index contributed by atoms with van der Waals surface area (Å²) in [7, 11) is 1.66. The fraction of sp³-hybridized carbons (Fsp3) is 0.333. The molecule has 156 valence electrons. The third-order valence-corrected chi connectivity index (χ3v) is 5.83. The molecule has 0 bridgehead atoms. The predicted octanol–water partition coefficient (Wildman–Crippen LogP) is 4.05. The van der Waals surface area contributed by atoms with Gasteiger partial charge in [0.1, 0.15) is 5.75 Å². The fourth-order valence-electron chi connectivity index (χ4n) is 3.80. The maximum Gasteiger partial charge on any atom is 0.253 e. The quantitative estimate of drug-likeness (QED) is 0.713. The topological polar surface area (TPSA) is 61.5 Å². The number of carbonyl (C=O) groups excluding carboxylic acids is 1. The average Bonchev–Trinajstić information content (AvgIpc) is 3.13. The van der Waals surface area contributed by atoms with E-state index in [-0.39, 0.29) is 5.91 Å². The summed E-state index contributed by atoms with van der Waals surface area (Å²) < 4.78 is 5.23. The summed E-state index contributed by atoms with van der Waals surface area (Å²) in [5.74, 6) is 1.86. The van der Waals surface area contributed by atoms with E-state index in [4.69, 9.17) is 4.74 Å². The molecule has 1 amide bonds. The number of rotatable bonds is 4. The summed E-state index contributed by atoms with van der Waals surface area (Å²) in [4.78, 5) is 17.2. The number of aromatic nitrogens is 2. The van der Waals surface area contributed by atoms with Gasteiger partial charge in [-0.05, 0) is 73.4 Å². The monoisotopic (exact) mass is 404 g/mol. The second kappa shape index (κ2) is 8.61. The van der Waals surface area contributed by atoms with Crippen LogP contribution in [0.25, 0.3) is 11.3 Å². The van der Waals surface area contributed by atoms with Crippen LogP contribution in [0.2, 0.25) is 0 Å². The molecule has 0 aliphatic carbocycles. The Kier molecular flexibility index (Phi) is 5.74. The number of carbonyl (C=O) groups is 1. The van der Waals surface area contributed by atoms with E-state index < -0.39 is 0 Å². The number of benzene rings is 2. The van der Waals surface area contributed by atoms with E-state index in [2.05, 4.69) is 28.1 Å². The molecule has 4 rings (SSSR count). The van der Waals surface area contributed by atoms with Crippen LogP contribution in [-0.4, -0.2) is 54.3 Å². The molecule has 1 saturated heterocycles. The highest BCUT2D eigenvalue weighted by Crippen LogP contribution is 2.25. The molecule has 0 unspecified atom stereocenters. The Morgan fingerprint density at radius 1 is 0.967 bits per heavy atom.